The van der Waals surface area contributed by atoms with E-state index in [1.165, 1.54) is 24.4 Å². The summed E-state index contributed by atoms with van der Waals surface area (Å²) in [4.78, 5) is 11.8. The molecule has 0 amide bonds. The first-order valence-electron chi connectivity index (χ1n) is 5.93. The molecule has 0 bridgehead atoms. The average molecular weight is 254 g/mol. The maximum atomic E-state index is 11.8. The molecule has 5 heteroatoms. The van der Waals surface area contributed by atoms with Crippen LogP contribution in [0.2, 0.25) is 0 Å². The molecule has 1 aromatic heterocycles. The van der Waals surface area contributed by atoms with Crippen molar-refractivity contribution in [1.82, 2.24) is 4.37 Å². The molecular formula is C12H18N2O2S. The minimum atomic E-state index is -0.276. The Labute approximate surface area is 106 Å². The smallest absolute Gasteiger partial charge is 0.343 e. The van der Waals surface area contributed by atoms with Crippen LogP contribution < -0.4 is 5.32 Å². The van der Waals surface area contributed by atoms with Gasteiger partial charge < -0.3 is 10.1 Å². The van der Waals surface area contributed by atoms with Crippen LogP contribution in [0.5, 0.6) is 0 Å². The number of hydrogen-bond donors (Lipinski definition) is 1. The Hall–Kier alpha value is -1.10. The van der Waals surface area contributed by atoms with E-state index in [1.807, 2.05) is 13.8 Å². The van der Waals surface area contributed by atoms with Crippen LogP contribution in [0, 0.1) is 12.3 Å². The van der Waals surface area contributed by atoms with E-state index in [-0.39, 0.29) is 5.97 Å². The van der Waals surface area contributed by atoms with Gasteiger partial charge in [0, 0.05) is 6.54 Å². The first-order chi connectivity index (χ1) is 8.06. The Balaban J connectivity index is 2.08. The number of aromatic nitrogens is 1. The number of carbonyl (C=O) groups is 1. The van der Waals surface area contributed by atoms with E-state index in [0.717, 1.165) is 17.2 Å². The Kier molecular flexibility index (Phi) is 3.38. The van der Waals surface area contributed by atoms with Crippen LogP contribution in [0.3, 0.4) is 0 Å². The summed E-state index contributed by atoms with van der Waals surface area (Å²) in [5.74, 6) is -0.276. The molecule has 17 heavy (non-hydrogen) atoms. The SMILES string of the molecule is CCOC(=O)c1c(C)nsc1NCC1(C)CC1. The zero-order chi connectivity index (χ0) is 12.5. The van der Waals surface area contributed by atoms with Crippen molar-refractivity contribution < 1.29 is 9.53 Å². The third kappa shape index (κ3) is 2.77. The summed E-state index contributed by atoms with van der Waals surface area (Å²) in [5.41, 5.74) is 1.75. The number of ether oxygens (including phenoxy) is 1. The van der Waals surface area contributed by atoms with E-state index in [0.29, 0.717) is 17.6 Å². The summed E-state index contributed by atoms with van der Waals surface area (Å²) < 4.78 is 9.26. The molecule has 2 rings (SSSR count). The number of aryl methyl sites for hydroxylation is 1. The van der Waals surface area contributed by atoms with Crippen LogP contribution in [-0.4, -0.2) is 23.5 Å². The average Bonchev–Trinajstić information content (AvgIpc) is 2.89. The van der Waals surface area contributed by atoms with Crippen LogP contribution in [-0.2, 0) is 4.74 Å². The minimum absolute atomic E-state index is 0.276. The van der Waals surface area contributed by atoms with E-state index in [1.54, 1.807) is 0 Å². The van der Waals surface area contributed by atoms with Gasteiger partial charge in [-0.2, -0.15) is 4.37 Å². The molecule has 0 radical (unpaired) electrons. The standard InChI is InChI=1S/C12H18N2O2S/c1-4-16-11(15)9-8(2)14-17-10(9)13-7-12(3)5-6-12/h13H,4-7H2,1-3H3. The fourth-order valence-corrected chi connectivity index (χ4v) is 2.40. The number of nitrogens with zero attached hydrogens (tertiary/aromatic N) is 1. The van der Waals surface area contributed by atoms with E-state index >= 15 is 0 Å². The maximum absolute atomic E-state index is 11.8. The summed E-state index contributed by atoms with van der Waals surface area (Å²) in [7, 11) is 0. The third-order valence-electron chi connectivity index (χ3n) is 3.12. The largest absolute Gasteiger partial charge is 0.462 e. The molecule has 1 aromatic rings. The van der Waals surface area contributed by atoms with Gasteiger partial charge in [-0.15, -0.1) is 0 Å². The van der Waals surface area contributed by atoms with Crippen molar-refractivity contribution in [1.29, 1.82) is 0 Å². The Morgan fingerprint density at radius 3 is 2.88 bits per heavy atom. The van der Waals surface area contributed by atoms with Crippen LogP contribution in [0.4, 0.5) is 5.00 Å². The molecule has 1 heterocycles. The molecule has 1 fully saturated rings. The van der Waals surface area contributed by atoms with Gasteiger partial charge in [0.1, 0.15) is 10.6 Å². The zero-order valence-electron chi connectivity index (χ0n) is 10.5. The summed E-state index contributed by atoms with van der Waals surface area (Å²) in [6.45, 7) is 7.20. The van der Waals surface area contributed by atoms with Gasteiger partial charge in [-0.3, -0.25) is 0 Å². The number of anilines is 1. The molecule has 1 N–H and O–H groups in total. The molecule has 1 aliphatic carbocycles. The van der Waals surface area contributed by atoms with Crippen LogP contribution in [0.15, 0.2) is 0 Å². The highest BCUT2D eigenvalue weighted by Gasteiger charge is 2.37. The summed E-state index contributed by atoms with van der Waals surface area (Å²) in [6.07, 6.45) is 2.51. The highest BCUT2D eigenvalue weighted by Crippen LogP contribution is 2.45. The number of rotatable bonds is 5. The molecule has 0 aliphatic heterocycles. The van der Waals surface area contributed by atoms with E-state index in [9.17, 15) is 4.79 Å². The molecule has 94 valence electrons. The monoisotopic (exact) mass is 254 g/mol. The van der Waals surface area contributed by atoms with Crippen molar-refractivity contribution in [3.05, 3.63) is 11.3 Å². The van der Waals surface area contributed by atoms with Crippen molar-refractivity contribution in [3.8, 4) is 0 Å². The van der Waals surface area contributed by atoms with Crippen molar-refractivity contribution in [3.63, 3.8) is 0 Å². The van der Waals surface area contributed by atoms with Crippen LogP contribution >= 0.6 is 11.5 Å². The number of hydrogen-bond acceptors (Lipinski definition) is 5. The lowest BCUT2D eigenvalue weighted by atomic mass is 10.1. The number of carbonyl (C=O) groups excluding carboxylic acids is 1. The van der Waals surface area contributed by atoms with Crippen molar-refractivity contribution in [2.24, 2.45) is 5.41 Å². The highest BCUT2D eigenvalue weighted by atomic mass is 32.1. The van der Waals surface area contributed by atoms with E-state index in [2.05, 4.69) is 16.6 Å². The quantitative estimate of drug-likeness (QED) is 0.821. The summed E-state index contributed by atoms with van der Waals surface area (Å²) >= 11 is 1.34. The second-order valence-electron chi connectivity index (χ2n) is 4.86. The first kappa shape index (κ1) is 12.4. The fourth-order valence-electron chi connectivity index (χ4n) is 1.62. The summed E-state index contributed by atoms with van der Waals surface area (Å²) in [6, 6.07) is 0. The lowest BCUT2D eigenvalue weighted by Crippen LogP contribution is -2.14. The Morgan fingerprint density at radius 1 is 1.59 bits per heavy atom. The maximum Gasteiger partial charge on any atom is 0.343 e. The predicted octanol–water partition coefficient (Wildman–Crippen LogP) is 2.84. The molecule has 4 nitrogen and oxygen atoms in total. The van der Waals surface area contributed by atoms with Crippen molar-refractivity contribution in [2.45, 2.75) is 33.6 Å². The predicted molar refractivity (Wildman–Crippen MR) is 68.6 cm³/mol. The van der Waals surface area contributed by atoms with Gasteiger partial charge in [0.05, 0.1) is 12.3 Å². The molecule has 0 aromatic carbocycles. The van der Waals surface area contributed by atoms with Gasteiger partial charge in [-0.05, 0) is 43.6 Å². The third-order valence-corrected chi connectivity index (χ3v) is 4.02. The molecule has 0 unspecified atom stereocenters. The molecule has 1 saturated carbocycles. The van der Waals surface area contributed by atoms with Crippen molar-refractivity contribution >= 4 is 22.5 Å². The van der Waals surface area contributed by atoms with E-state index < -0.39 is 0 Å². The second-order valence-corrected chi connectivity index (χ2v) is 5.63. The van der Waals surface area contributed by atoms with Gasteiger partial charge in [0.25, 0.3) is 0 Å². The fraction of sp³-hybridized carbons (Fsp3) is 0.667. The lowest BCUT2D eigenvalue weighted by Gasteiger charge is -2.10. The molecular weight excluding hydrogens is 236 g/mol. The lowest BCUT2D eigenvalue weighted by molar-refractivity contribution is 0.0527. The van der Waals surface area contributed by atoms with Gasteiger partial charge in [-0.25, -0.2) is 4.79 Å². The van der Waals surface area contributed by atoms with Crippen molar-refractivity contribution in [2.75, 3.05) is 18.5 Å². The van der Waals surface area contributed by atoms with Gasteiger partial charge in [0.15, 0.2) is 0 Å². The van der Waals surface area contributed by atoms with Crippen LogP contribution in [0.25, 0.3) is 0 Å². The topological polar surface area (TPSA) is 51.2 Å². The zero-order valence-corrected chi connectivity index (χ0v) is 11.3. The van der Waals surface area contributed by atoms with Crippen LogP contribution in [0.1, 0.15) is 42.7 Å². The number of nitrogens with one attached hydrogen (secondary N) is 1. The van der Waals surface area contributed by atoms with Gasteiger partial charge >= 0.3 is 5.97 Å². The molecule has 0 atom stereocenters. The molecule has 1 aliphatic rings. The van der Waals surface area contributed by atoms with Gasteiger partial charge in [0.2, 0.25) is 0 Å². The molecule has 0 spiro atoms. The first-order valence-corrected chi connectivity index (χ1v) is 6.70. The second kappa shape index (κ2) is 4.64. The van der Waals surface area contributed by atoms with Gasteiger partial charge in [-0.1, -0.05) is 6.92 Å². The normalized spacial score (nSPS) is 16.6. The minimum Gasteiger partial charge on any atom is -0.462 e. The Morgan fingerprint density at radius 2 is 2.29 bits per heavy atom. The van der Waals surface area contributed by atoms with E-state index in [4.69, 9.17) is 4.74 Å². The number of esters is 1. The molecule has 0 saturated heterocycles. The highest BCUT2D eigenvalue weighted by molar-refractivity contribution is 7.10. The summed E-state index contributed by atoms with van der Waals surface area (Å²) in [5, 5.41) is 4.17. The Bertz CT molecular complexity index is 424.